The van der Waals surface area contributed by atoms with Gasteiger partial charge in [-0.15, -0.1) is 0 Å². The summed E-state index contributed by atoms with van der Waals surface area (Å²) in [6, 6.07) is 4.24. The van der Waals surface area contributed by atoms with Crippen molar-refractivity contribution >= 4 is 27.5 Å². The number of rotatable bonds is 2. The molecule has 0 fully saturated rings. The molecule has 2 rings (SSSR count). The molecule has 2 nitrogen and oxygen atoms in total. The van der Waals surface area contributed by atoms with E-state index in [0.29, 0.717) is 10.2 Å². The number of hydrogen-bond donors (Lipinski definition) is 1. The highest BCUT2D eigenvalue weighted by Gasteiger charge is 2.19. The van der Waals surface area contributed by atoms with Gasteiger partial charge in [0.2, 0.25) is 5.91 Å². The van der Waals surface area contributed by atoms with Gasteiger partial charge in [0, 0.05) is 10.4 Å². The van der Waals surface area contributed by atoms with E-state index in [-0.39, 0.29) is 17.6 Å². The lowest BCUT2D eigenvalue weighted by Gasteiger charge is -2.11. The highest BCUT2D eigenvalue weighted by Crippen LogP contribution is 2.25. The number of halogens is 2. The van der Waals surface area contributed by atoms with Gasteiger partial charge in [0.1, 0.15) is 5.82 Å². The Kier molecular flexibility index (Phi) is 3.39. The predicted molar refractivity (Wildman–Crippen MR) is 64.6 cm³/mol. The average Bonchev–Trinajstić information content (AvgIpc) is 2.76. The highest BCUT2D eigenvalue weighted by molar-refractivity contribution is 9.10. The molecule has 0 aromatic heterocycles. The zero-order valence-electron chi connectivity index (χ0n) is 8.54. The van der Waals surface area contributed by atoms with Gasteiger partial charge >= 0.3 is 0 Å². The molecule has 1 amide bonds. The van der Waals surface area contributed by atoms with Crippen LogP contribution in [-0.4, -0.2) is 5.91 Å². The van der Waals surface area contributed by atoms with Gasteiger partial charge in [-0.25, -0.2) is 4.39 Å². The van der Waals surface area contributed by atoms with E-state index in [4.69, 9.17) is 0 Å². The number of allylic oxidation sites excluding steroid dienone is 2. The fourth-order valence-corrected chi connectivity index (χ4v) is 2.01. The van der Waals surface area contributed by atoms with Crippen LogP contribution in [0.2, 0.25) is 0 Å². The van der Waals surface area contributed by atoms with Crippen LogP contribution in [0.15, 0.2) is 34.8 Å². The molecule has 1 aliphatic carbocycles. The quantitative estimate of drug-likeness (QED) is 0.827. The second-order valence-corrected chi connectivity index (χ2v) is 4.61. The fraction of sp³-hybridized carbons (Fsp3) is 0.250. The topological polar surface area (TPSA) is 29.1 Å². The van der Waals surface area contributed by atoms with Gasteiger partial charge < -0.3 is 5.32 Å². The molecule has 0 unspecified atom stereocenters. The van der Waals surface area contributed by atoms with Crippen molar-refractivity contribution in [1.29, 1.82) is 0 Å². The predicted octanol–water partition coefficient (Wildman–Crippen LogP) is 3.49. The van der Waals surface area contributed by atoms with Crippen LogP contribution in [0, 0.1) is 11.7 Å². The Morgan fingerprint density at radius 3 is 2.75 bits per heavy atom. The summed E-state index contributed by atoms with van der Waals surface area (Å²) in [5.41, 5.74) is 0.483. The zero-order valence-corrected chi connectivity index (χ0v) is 10.1. The van der Waals surface area contributed by atoms with E-state index in [1.165, 1.54) is 12.1 Å². The SMILES string of the molecule is O=C(Nc1cc(F)ccc1Br)C1CC=CC1. The lowest BCUT2D eigenvalue weighted by molar-refractivity contribution is -0.119. The third-order valence-corrected chi connectivity index (χ3v) is 3.26. The summed E-state index contributed by atoms with van der Waals surface area (Å²) in [7, 11) is 0. The third-order valence-electron chi connectivity index (χ3n) is 2.56. The molecule has 1 aromatic carbocycles. The number of carbonyl (C=O) groups excluding carboxylic acids is 1. The van der Waals surface area contributed by atoms with Crippen molar-refractivity contribution in [2.24, 2.45) is 5.92 Å². The van der Waals surface area contributed by atoms with E-state index in [1.807, 2.05) is 12.2 Å². The minimum Gasteiger partial charge on any atom is -0.325 e. The maximum Gasteiger partial charge on any atom is 0.228 e. The number of amides is 1. The van der Waals surface area contributed by atoms with E-state index >= 15 is 0 Å². The Morgan fingerprint density at radius 2 is 2.06 bits per heavy atom. The third kappa shape index (κ3) is 2.50. The molecule has 4 heteroatoms. The van der Waals surface area contributed by atoms with Crippen molar-refractivity contribution in [3.05, 3.63) is 40.6 Å². The first kappa shape index (κ1) is 11.3. The largest absolute Gasteiger partial charge is 0.325 e. The smallest absolute Gasteiger partial charge is 0.228 e. The van der Waals surface area contributed by atoms with Gasteiger partial charge in [0.25, 0.3) is 0 Å². The molecule has 0 aliphatic heterocycles. The van der Waals surface area contributed by atoms with Gasteiger partial charge in [-0.2, -0.15) is 0 Å². The van der Waals surface area contributed by atoms with Crippen molar-refractivity contribution in [1.82, 2.24) is 0 Å². The number of hydrogen-bond acceptors (Lipinski definition) is 1. The summed E-state index contributed by atoms with van der Waals surface area (Å²) in [5.74, 6) is -0.436. The van der Waals surface area contributed by atoms with E-state index < -0.39 is 0 Å². The molecule has 1 aromatic rings. The highest BCUT2D eigenvalue weighted by atomic mass is 79.9. The summed E-state index contributed by atoms with van der Waals surface area (Å²) in [5, 5.41) is 2.73. The maximum absolute atomic E-state index is 13.0. The van der Waals surface area contributed by atoms with Crippen LogP contribution in [0.3, 0.4) is 0 Å². The standard InChI is InChI=1S/C12H11BrFNO/c13-10-6-5-9(14)7-11(10)15-12(16)8-3-1-2-4-8/h1-2,5-8H,3-4H2,(H,15,16). The van der Waals surface area contributed by atoms with Crippen LogP contribution < -0.4 is 5.32 Å². The van der Waals surface area contributed by atoms with E-state index in [2.05, 4.69) is 21.2 Å². The molecule has 1 aliphatic rings. The van der Waals surface area contributed by atoms with E-state index in [0.717, 1.165) is 12.8 Å². The average molecular weight is 284 g/mol. The Balaban J connectivity index is 2.08. The summed E-state index contributed by atoms with van der Waals surface area (Å²) < 4.78 is 13.7. The molecule has 16 heavy (non-hydrogen) atoms. The maximum atomic E-state index is 13.0. The normalized spacial score (nSPS) is 15.4. The van der Waals surface area contributed by atoms with Crippen molar-refractivity contribution in [3.63, 3.8) is 0 Å². The van der Waals surface area contributed by atoms with Gasteiger partial charge in [0.05, 0.1) is 5.69 Å². The van der Waals surface area contributed by atoms with Crippen LogP contribution in [0.4, 0.5) is 10.1 Å². The Hall–Kier alpha value is -1.16. The molecule has 0 atom stereocenters. The first-order chi connectivity index (χ1) is 7.66. The number of anilines is 1. The van der Waals surface area contributed by atoms with Crippen LogP contribution in [0.1, 0.15) is 12.8 Å². The van der Waals surface area contributed by atoms with E-state index in [1.54, 1.807) is 6.07 Å². The molecule has 0 heterocycles. The van der Waals surface area contributed by atoms with Crippen molar-refractivity contribution in [3.8, 4) is 0 Å². The van der Waals surface area contributed by atoms with E-state index in [9.17, 15) is 9.18 Å². The van der Waals surface area contributed by atoms with Gasteiger partial charge in [0.15, 0.2) is 0 Å². The minimum atomic E-state index is -0.358. The number of benzene rings is 1. The second-order valence-electron chi connectivity index (χ2n) is 3.75. The van der Waals surface area contributed by atoms with Crippen molar-refractivity contribution in [2.45, 2.75) is 12.8 Å². The van der Waals surface area contributed by atoms with Gasteiger partial charge in [-0.05, 0) is 47.0 Å². The Morgan fingerprint density at radius 1 is 1.38 bits per heavy atom. The summed E-state index contributed by atoms with van der Waals surface area (Å²) in [6.07, 6.45) is 5.51. The monoisotopic (exact) mass is 283 g/mol. The van der Waals surface area contributed by atoms with Crippen LogP contribution in [0.5, 0.6) is 0 Å². The summed E-state index contributed by atoms with van der Waals surface area (Å²) >= 11 is 3.27. The molecular weight excluding hydrogens is 273 g/mol. The lowest BCUT2D eigenvalue weighted by atomic mass is 10.1. The van der Waals surface area contributed by atoms with Crippen LogP contribution in [0.25, 0.3) is 0 Å². The molecule has 0 spiro atoms. The minimum absolute atomic E-state index is 0.0184. The molecule has 0 radical (unpaired) electrons. The molecule has 0 saturated carbocycles. The van der Waals surface area contributed by atoms with Crippen molar-refractivity contribution < 1.29 is 9.18 Å². The first-order valence-electron chi connectivity index (χ1n) is 5.08. The molecular formula is C12H11BrFNO. The zero-order chi connectivity index (χ0) is 11.5. The molecule has 84 valence electrons. The fourth-order valence-electron chi connectivity index (χ4n) is 1.66. The Bertz CT molecular complexity index is 437. The summed E-state index contributed by atoms with van der Waals surface area (Å²) in [4.78, 5) is 11.8. The van der Waals surface area contributed by atoms with Crippen molar-refractivity contribution in [2.75, 3.05) is 5.32 Å². The van der Waals surface area contributed by atoms with Crippen LogP contribution in [-0.2, 0) is 4.79 Å². The molecule has 0 saturated heterocycles. The molecule has 0 bridgehead atoms. The first-order valence-corrected chi connectivity index (χ1v) is 5.87. The second kappa shape index (κ2) is 4.78. The lowest BCUT2D eigenvalue weighted by Crippen LogP contribution is -2.20. The Labute approximate surface area is 102 Å². The summed E-state index contributed by atoms with van der Waals surface area (Å²) in [6.45, 7) is 0. The van der Waals surface area contributed by atoms with Crippen LogP contribution >= 0.6 is 15.9 Å². The number of carbonyl (C=O) groups is 1. The molecule has 1 N–H and O–H groups in total. The number of nitrogens with one attached hydrogen (secondary N) is 1. The van der Waals surface area contributed by atoms with Gasteiger partial charge in [-0.3, -0.25) is 4.79 Å². The van der Waals surface area contributed by atoms with Gasteiger partial charge in [-0.1, -0.05) is 12.2 Å².